The molecule has 0 fully saturated rings. The van der Waals surface area contributed by atoms with Crippen molar-refractivity contribution >= 4 is 34.5 Å². The molecule has 2 aromatic heterocycles. The van der Waals surface area contributed by atoms with Gasteiger partial charge in [-0.05, 0) is 11.4 Å². The lowest BCUT2D eigenvalue weighted by atomic mass is 10.3. The van der Waals surface area contributed by atoms with Crippen LogP contribution in [-0.4, -0.2) is 9.97 Å². The third-order valence-electron chi connectivity index (χ3n) is 1.50. The van der Waals surface area contributed by atoms with Crippen molar-refractivity contribution < 1.29 is 0 Å². The molecule has 0 N–H and O–H groups in total. The molecule has 0 saturated heterocycles. The molecule has 66 valence electrons. The van der Waals surface area contributed by atoms with Crippen molar-refractivity contribution in [3.8, 4) is 10.6 Å². The Morgan fingerprint density at radius 3 is 2.69 bits per heavy atom. The summed E-state index contributed by atoms with van der Waals surface area (Å²) < 4.78 is 0. The molecule has 0 radical (unpaired) electrons. The number of halogens is 2. The molecule has 0 aliphatic rings. The number of hydrogen-bond acceptors (Lipinski definition) is 3. The van der Waals surface area contributed by atoms with Crippen LogP contribution < -0.4 is 0 Å². The van der Waals surface area contributed by atoms with Crippen molar-refractivity contribution in [3.05, 3.63) is 34.0 Å². The molecule has 0 aliphatic heterocycles. The second-order valence-electron chi connectivity index (χ2n) is 2.32. The molecule has 2 rings (SSSR count). The molecule has 2 nitrogen and oxygen atoms in total. The van der Waals surface area contributed by atoms with Gasteiger partial charge in [0.2, 0.25) is 0 Å². The molecule has 2 heterocycles. The predicted octanol–water partition coefficient (Wildman–Crippen LogP) is 3.51. The smallest absolute Gasteiger partial charge is 0.116 e. The lowest BCUT2D eigenvalue weighted by molar-refractivity contribution is 1.18. The topological polar surface area (TPSA) is 25.8 Å². The van der Waals surface area contributed by atoms with Crippen molar-refractivity contribution in [2.45, 2.75) is 0 Å². The molecule has 13 heavy (non-hydrogen) atoms. The van der Waals surface area contributed by atoms with Crippen LogP contribution in [0.2, 0.25) is 10.0 Å². The van der Waals surface area contributed by atoms with Crippen LogP contribution in [0.25, 0.3) is 10.6 Å². The highest BCUT2D eigenvalue weighted by molar-refractivity contribution is 7.14. The van der Waals surface area contributed by atoms with E-state index < -0.39 is 0 Å². The maximum Gasteiger partial charge on any atom is 0.116 e. The number of thiophene rings is 1. The predicted molar refractivity (Wildman–Crippen MR) is 55.4 cm³/mol. The third kappa shape index (κ3) is 1.68. The van der Waals surface area contributed by atoms with Crippen molar-refractivity contribution in [1.29, 1.82) is 0 Å². The minimum Gasteiger partial charge on any atom is -0.243 e. The summed E-state index contributed by atoms with van der Waals surface area (Å²) in [6, 6.07) is 1.82. The van der Waals surface area contributed by atoms with E-state index in [0.29, 0.717) is 15.7 Å². The van der Waals surface area contributed by atoms with Gasteiger partial charge in [0, 0.05) is 6.20 Å². The Kier molecular flexibility index (Phi) is 2.49. The Bertz CT molecular complexity index is 428. The van der Waals surface area contributed by atoms with Crippen molar-refractivity contribution in [2.75, 3.05) is 0 Å². The molecule has 5 heteroatoms. The van der Waals surface area contributed by atoms with E-state index in [4.69, 9.17) is 23.2 Å². The van der Waals surface area contributed by atoms with Crippen LogP contribution in [0, 0.1) is 0 Å². The molecule has 2 aromatic rings. The van der Waals surface area contributed by atoms with Gasteiger partial charge in [-0.25, -0.2) is 9.97 Å². The molecule has 0 unspecified atom stereocenters. The Morgan fingerprint density at radius 1 is 1.23 bits per heavy atom. The molecule has 0 saturated carbocycles. The lowest BCUT2D eigenvalue weighted by Gasteiger charge is -1.98. The highest BCUT2D eigenvalue weighted by Gasteiger charge is 2.09. The highest BCUT2D eigenvalue weighted by Crippen LogP contribution is 2.35. The molecule has 0 amide bonds. The average molecular weight is 231 g/mol. The van der Waals surface area contributed by atoms with E-state index in [0.717, 1.165) is 4.88 Å². The summed E-state index contributed by atoms with van der Waals surface area (Å²) in [5, 5.41) is 3.09. The zero-order valence-electron chi connectivity index (χ0n) is 6.37. The van der Waals surface area contributed by atoms with Gasteiger partial charge in [-0.3, -0.25) is 0 Å². The number of hydrogen-bond donors (Lipinski definition) is 0. The van der Waals surface area contributed by atoms with Crippen LogP contribution >= 0.6 is 34.5 Å². The lowest BCUT2D eigenvalue weighted by Crippen LogP contribution is -1.83. The summed E-state index contributed by atoms with van der Waals surface area (Å²) in [5.74, 6) is 0. The maximum absolute atomic E-state index is 5.94. The molecule has 0 atom stereocenters. The molecular weight excluding hydrogens is 227 g/mol. The van der Waals surface area contributed by atoms with E-state index in [1.54, 1.807) is 6.20 Å². The highest BCUT2D eigenvalue weighted by atomic mass is 35.5. The minimum absolute atomic E-state index is 0.520. The Hall–Kier alpha value is -0.640. The molecule has 0 aromatic carbocycles. The fourth-order valence-electron chi connectivity index (χ4n) is 0.942. The Balaban J connectivity index is 2.59. The van der Waals surface area contributed by atoms with Gasteiger partial charge in [-0.2, -0.15) is 0 Å². The van der Waals surface area contributed by atoms with Crippen molar-refractivity contribution in [2.24, 2.45) is 0 Å². The van der Waals surface area contributed by atoms with Gasteiger partial charge in [0.1, 0.15) is 12.0 Å². The van der Waals surface area contributed by atoms with Crippen LogP contribution in [0.15, 0.2) is 24.0 Å². The average Bonchev–Trinajstić information content (AvgIpc) is 2.52. The monoisotopic (exact) mass is 230 g/mol. The summed E-state index contributed by atoms with van der Waals surface area (Å²) in [6.07, 6.45) is 3.01. The van der Waals surface area contributed by atoms with Gasteiger partial charge in [0.15, 0.2) is 0 Å². The number of rotatable bonds is 1. The fourth-order valence-corrected chi connectivity index (χ4v) is 2.35. The van der Waals surface area contributed by atoms with E-state index in [1.165, 1.54) is 17.7 Å². The van der Waals surface area contributed by atoms with Crippen molar-refractivity contribution in [3.63, 3.8) is 0 Å². The quantitative estimate of drug-likeness (QED) is 0.750. The zero-order valence-corrected chi connectivity index (χ0v) is 8.70. The van der Waals surface area contributed by atoms with E-state index in [-0.39, 0.29) is 0 Å². The second-order valence-corrected chi connectivity index (χ2v) is 4.05. The molecular formula is C8H4Cl2N2S. The second kappa shape index (κ2) is 3.62. The van der Waals surface area contributed by atoms with Gasteiger partial charge in [0.25, 0.3) is 0 Å². The maximum atomic E-state index is 5.94. The Labute approximate surface area is 89.2 Å². The van der Waals surface area contributed by atoms with Crippen LogP contribution in [-0.2, 0) is 0 Å². The first-order chi connectivity index (χ1) is 6.29. The van der Waals surface area contributed by atoms with Crippen LogP contribution in [0.1, 0.15) is 0 Å². The van der Waals surface area contributed by atoms with Crippen molar-refractivity contribution in [1.82, 2.24) is 9.97 Å². The summed E-state index contributed by atoms with van der Waals surface area (Å²) >= 11 is 13.4. The molecule has 0 spiro atoms. The van der Waals surface area contributed by atoms with Crippen LogP contribution in [0.5, 0.6) is 0 Å². The summed E-state index contributed by atoms with van der Waals surface area (Å²) in [6.45, 7) is 0. The van der Waals surface area contributed by atoms with Gasteiger partial charge in [0.05, 0.1) is 14.9 Å². The van der Waals surface area contributed by atoms with Crippen LogP contribution in [0.3, 0.4) is 0 Å². The summed E-state index contributed by atoms with van der Waals surface area (Å²) in [7, 11) is 0. The van der Waals surface area contributed by atoms with E-state index in [1.807, 2.05) is 11.4 Å². The van der Waals surface area contributed by atoms with Gasteiger partial charge >= 0.3 is 0 Å². The SMILES string of the molecule is Clc1cncnc1-c1sccc1Cl. The normalized spacial score (nSPS) is 10.3. The van der Waals surface area contributed by atoms with E-state index in [2.05, 4.69) is 9.97 Å². The summed E-state index contributed by atoms with van der Waals surface area (Å²) in [4.78, 5) is 8.75. The first kappa shape index (κ1) is 8.94. The zero-order chi connectivity index (χ0) is 9.26. The van der Waals surface area contributed by atoms with Crippen LogP contribution in [0.4, 0.5) is 0 Å². The number of nitrogens with zero attached hydrogens (tertiary/aromatic N) is 2. The Morgan fingerprint density at radius 2 is 2.08 bits per heavy atom. The standard InChI is InChI=1S/C8H4Cl2N2S/c9-5-1-2-13-8(5)7-6(10)3-11-4-12-7/h1-4H. The van der Waals surface area contributed by atoms with Gasteiger partial charge in [-0.1, -0.05) is 23.2 Å². The van der Waals surface area contributed by atoms with Gasteiger partial charge < -0.3 is 0 Å². The summed E-state index contributed by atoms with van der Waals surface area (Å²) in [5.41, 5.74) is 0.691. The molecule has 0 bridgehead atoms. The first-order valence-electron chi connectivity index (χ1n) is 3.48. The van der Waals surface area contributed by atoms with E-state index in [9.17, 15) is 0 Å². The molecule has 0 aliphatic carbocycles. The minimum atomic E-state index is 0.520. The third-order valence-corrected chi connectivity index (χ3v) is 3.12. The first-order valence-corrected chi connectivity index (χ1v) is 5.11. The van der Waals surface area contributed by atoms with Gasteiger partial charge in [-0.15, -0.1) is 11.3 Å². The fraction of sp³-hybridized carbons (Fsp3) is 0. The number of aromatic nitrogens is 2. The van der Waals surface area contributed by atoms with E-state index >= 15 is 0 Å². The largest absolute Gasteiger partial charge is 0.243 e.